The fourth-order valence-electron chi connectivity index (χ4n) is 0.408. The van der Waals surface area contributed by atoms with Gasteiger partial charge in [0.05, 0.1) is 0 Å². The first-order valence-electron chi connectivity index (χ1n) is 2.90. The topological polar surface area (TPSA) is 0 Å². The van der Waals surface area contributed by atoms with Crippen molar-refractivity contribution >= 4 is 9.82 Å². The monoisotopic (exact) mass is 313 g/mol. The van der Waals surface area contributed by atoms with Crippen LogP contribution in [0.3, 0.4) is 0 Å². The molecule has 0 aromatic heterocycles. The Bertz CT molecular complexity index is 30.2. The van der Waals surface area contributed by atoms with E-state index in [0.29, 0.717) is 0 Å². The van der Waals surface area contributed by atoms with Crippen LogP contribution in [0.5, 0.6) is 0 Å². The number of hydrogen-bond donors (Lipinski definition) is 0. The first-order valence-corrected chi connectivity index (χ1v) is 5.69. The van der Waals surface area contributed by atoms with Gasteiger partial charge in [-0.2, -0.15) is 12.8 Å². The normalized spacial score (nSPS) is 6.44. The zero-order valence-corrected chi connectivity index (χ0v) is 10.8. The molecule has 0 fully saturated rings. The quantitative estimate of drug-likeness (QED) is 0.439. The predicted molar refractivity (Wildman–Crippen MR) is 37.1 cm³/mol. The van der Waals surface area contributed by atoms with E-state index in [9.17, 15) is 0 Å². The van der Waals surface area contributed by atoms with Crippen LogP contribution in [-0.4, -0.2) is 0 Å². The summed E-state index contributed by atoms with van der Waals surface area (Å²) >= 11 is 1.53. The summed E-state index contributed by atoms with van der Waals surface area (Å²) in [7, 11) is 4.09. The van der Waals surface area contributed by atoms with Crippen LogP contribution >= 0.6 is 9.82 Å². The van der Waals surface area contributed by atoms with Gasteiger partial charge < -0.3 is 6.42 Å². The summed E-state index contributed by atoms with van der Waals surface area (Å²) in [5, 5.41) is 0. The SMILES string of the molecule is CC[CH-]CCC.[Mo].[S]=[Mo]. The van der Waals surface area contributed by atoms with Gasteiger partial charge in [0.1, 0.15) is 0 Å². The van der Waals surface area contributed by atoms with Crippen LogP contribution in [0.4, 0.5) is 0 Å². The summed E-state index contributed by atoms with van der Waals surface area (Å²) in [5.41, 5.74) is 0. The van der Waals surface area contributed by atoms with Gasteiger partial charge in [0.2, 0.25) is 0 Å². The van der Waals surface area contributed by atoms with Crippen LogP contribution in [0.25, 0.3) is 0 Å². The molecule has 0 N–H and O–H groups in total. The third kappa shape index (κ3) is 26.2. The van der Waals surface area contributed by atoms with Crippen molar-refractivity contribution in [1.82, 2.24) is 0 Å². The molecule has 0 unspecified atom stereocenters. The van der Waals surface area contributed by atoms with E-state index >= 15 is 0 Å². The Morgan fingerprint density at radius 2 is 1.78 bits per heavy atom. The van der Waals surface area contributed by atoms with Crippen LogP contribution in [0.15, 0.2) is 0 Å². The minimum absolute atomic E-state index is 0. The Morgan fingerprint density at radius 3 is 1.89 bits per heavy atom. The van der Waals surface area contributed by atoms with Crippen LogP contribution in [0.2, 0.25) is 0 Å². The molecule has 0 aliphatic carbocycles. The first-order chi connectivity index (χ1) is 3.91. The van der Waals surface area contributed by atoms with Gasteiger partial charge in [-0.25, -0.2) is 0 Å². The average molecular weight is 309 g/mol. The molecule has 0 rings (SSSR count). The maximum atomic E-state index is 4.09. The fourth-order valence-corrected chi connectivity index (χ4v) is 0.408. The summed E-state index contributed by atoms with van der Waals surface area (Å²) in [6.45, 7) is 4.38. The molecule has 0 nitrogen and oxygen atoms in total. The van der Waals surface area contributed by atoms with E-state index in [1.165, 1.54) is 37.3 Å². The standard InChI is InChI=1S/C6H13.2Mo.S/c1-3-5-6-4-2;;;/h5H,3-4,6H2,1-2H3;;;/q-1;;;. The molecule has 0 saturated carbocycles. The van der Waals surface area contributed by atoms with Crippen molar-refractivity contribution in [2.75, 3.05) is 0 Å². The van der Waals surface area contributed by atoms with Crippen molar-refractivity contribution in [1.29, 1.82) is 0 Å². The van der Waals surface area contributed by atoms with Gasteiger partial charge in [0.15, 0.2) is 0 Å². The molecule has 0 aromatic carbocycles. The maximum absolute atomic E-state index is 4.09. The molecule has 0 radical (unpaired) electrons. The van der Waals surface area contributed by atoms with E-state index in [2.05, 4.69) is 30.1 Å². The van der Waals surface area contributed by atoms with Crippen molar-refractivity contribution in [2.24, 2.45) is 0 Å². The van der Waals surface area contributed by atoms with E-state index in [1.54, 1.807) is 0 Å². The van der Waals surface area contributed by atoms with Crippen molar-refractivity contribution in [3.05, 3.63) is 6.42 Å². The van der Waals surface area contributed by atoms with Gasteiger partial charge in [-0.15, -0.1) is 0 Å². The van der Waals surface area contributed by atoms with Gasteiger partial charge in [0, 0.05) is 21.1 Å². The van der Waals surface area contributed by atoms with Crippen molar-refractivity contribution in [3.63, 3.8) is 0 Å². The second-order valence-corrected chi connectivity index (χ2v) is 1.49. The van der Waals surface area contributed by atoms with Gasteiger partial charge in [-0.05, 0) is 0 Å². The molecule has 56 valence electrons. The van der Waals surface area contributed by atoms with Crippen LogP contribution in [0, 0.1) is 6.42 Å². The molecule has 0 aromatic rings. The Morgan fingerprint density at radius 1 is 1.33 bits per heavy atom. The molecule has 0 saturated heterocycles. The molecule has 9 heavy (non-hydrogen) atoms. The Hall–Kier alpha value is 1.60. The predicted octanol–water partition coefficient (Wildman–Crippen LogP) is 3.04. The van der Waals surface area contributed by atoms with Gasteiger partial charge >= 0.3 is 27.8 Å². The van der Waals surface area contributed by atoms with E-state index in [-0.39, 0.29) is 21.1 Å². The van der Waals surface area contributed by atoms with Crippen LogP contribution < -0.4 is 0 Å². The molecule has 0 atom stereocenters. The first kappa shape index (κ1) is 16.9. The molecule has 0 aliphatic heterocycles. The third-order valence-corrected chi connectivity index (χ3v) is 0.781. The Labute approximate surface area is 87.8 Å². The van der Waals surface area contributed by atoms with E-state index in [1.807, 2.05) is 0 Å². The second-order valence-electron chi connectivity index (χ2n) is 1.49. The van der Waals surface area contributed by atoms with Crippen LogP contribution in [-0.2, 0) is 39.1 Å². The van der Waals surface area contributed by atoms with Crippen LogP contribution in [0.1, 0.15) is 33.1 Å². The molecular formula is C6H13Mo2S-. The summed E-state index contributed by atoms with van der Waals surface area (Å²) < 4.78 is 0. The molecular weight excluding hydrogens is 296 g/mol. The van der Waals surface area contributed by atoms with Gasteiger partial charge in [-0.3, -0.25) is 0 Å². The van der Waals surface area contributed by atoms with E-state index < -0.39 is 0 Å². The molecule has 0 amide bonds. The Kier molecular flexibility index (Phi) is 42.5. The van der Waals surface area contributed by atoms with E-state index in [4.69, 9.17) is 0 Å². The molecule has 0 bridgehead atoms. The zero-order chi connectivity index (χ0) is 6.83. The fraction of sp³-hybridized carbons (Fsp3) is 0.833. The molecule has 0 spiro atoms. The summed E-state index contributed by atoms with van der Waals surface area (Å²) in [4.78, 5) is 0. The summed E-state index contributed by atoms with van der Waals surface area (Å²) in [6, 6.07) is 0. The Balaban J connectivity index is -0.000000109. The molecule has 0 heterocycles. The van der Waals surface area contributed by atoms with E-state index in [0.717, 1.165) is 0 Å². The van der Waals surface area contributed by atoms with Crippen molar-refractivity contribution in [3.8, 4) is 0 Å². The zero-order valence-electron chi connectivity index (χ0n) is 5.92. The second kappa shape index (κ2) is 22.6. The van der Waals surface area contributed by atoms with Crippen molar-refractivity contribution < 1.29 is 39.1 Å². The summed E-state index contributed by atoms with van der Waals surface area (Å²) in [5.74, 6) is 0. The number of hydrogen-bond acceptors (Lipinski definition) is 1. The number of unbranched alkanes of at least 4 members (excludes halogenated alkanes) is 3. The minimum atomic E-state index is 0. The third-order valence-electron chi connectivity index (χ3n) is 0.781. The summed E-state index contributed by atoms with van der Waals surface area (Å²) in [6.07, 6.45) is 6.12. The van der Waals surface area contributed by atoms with Gasteiger partial charge in [0.25, 0.3) is 0 Å². The molecule has 3 heteroatoms. The number of rotatable bonds is 3. The van der Waals surface area contributed by atoms with Crippen molar-refractivity contribution in [2.45, 2.75) is 33.1 Å². The van der Waals surface area contributed by atoms with Gasteiger partial charge in [-0.1, -0.05) is 20.3 Å². The molecule has 0 aliphatic rings. The average Bonchev–Trinajstić information content (AvgIpc) is 1.88.